The van der Waals surface area contributed by atoms with Gasteiger partial charge in [0.25, 0.3) is 43.9 Å². The van der Waals surface area contributed by atoms with Crippen LogP contribution in [0.4, 0.5) is 0 Å². The second-order valence-electron chi connectivity index (χ2n) is 9.72. The van der Waals surface area contributed by atoms with Gasteiger partial charge in [-0.15, -0.1) is 10.1 Å². The van der Waals surface area contributed by atoms with E-state index in [9.17, 15) is 54.7 Å². The summed E-state index contributed by atoms with van der Waals surface area (Å²) >= 11 is 0. The fourth-order valence-corrected chi connectivity index (χ4v) is 9.34. The van der Waals surface area contributed by atoms with Crippen LogP contribution in [0.3, 0.4) is 0 Å². The van der Waals surface area contributed by atoms with E-state index in [2.05, 4.69) is 19.6 Å². The smallest absolute Gasteiger partial charge is 0.329 e. The number of aromatic nitrogens is 2. The third-order valence-corrected chi connectivity index (χ3v) is 13.0. The molecule has 0 aliphatic carbocycles. The minimum Gasteiger partial charge on any atom is -0.329 e. The van der Waals surface area contributed by atoms with Gasteiger partial charge in [0.2, 0.25) is 0 Å². The number of pyridine rings is 2. The minimum absolute atomic E-state index is 0. The molecule has 4 rings (SSSR count). The fraction of sp³-hybridized carbons (Fsp3) is 0.407. The van der Waals surface area contributed by atoms with Crippen molar-refractivity contribution < 1.29 is 82.9 Å². The summed E-state index contributed by atoms with van der Waals surface area (Å²) in [4.78, 5) is 86.8. The van der Waals surface area contributed by atoms with Crippen molar-refractivity contribution in [3.05, 3.63) is 48.8 Å². The number of carbonyl (C=O) groups is 6. The molecule has 52 heavy (non-hydrogen) atoms. The van der Waals surface area contributed by atoms with Crippen LogP contribution in [-0.2, 0) is 77.2 Å². The van der Waals surface area contributed by atoms with Crippen LogP contribution >= 0.6 is 43.2 Å². The Bertz CT molecular complexity index is 1610. The van der Waals surface area contributed by atoms with Gasteiger partial charge < -0.3 is 9.68 Å². The molecule has 2 aromatic heterocycles. The zero-order chi connectivity index (χ0) is 36.9. The van der Waals surface area contributed by atoms with Gasteiger partial charge >= 0.3 is 11.9 Å². The molecule has 2 aromatic rings. The first kappa shape index (κ1) is 47.3. The Labute approximate surface area is 326 Å². The maximum Gasteiger partial charge on any atom is 0.353 e. The van der Waals surface area contributed by atoms with Gasteiger partial charge in [0.15, 0.2) is 10.5 Å². The normalized spacial score (nSPS) is 15.5. The number of carbonyl (C=O) groups excluding carboxylic acids is 6. The van der Waals surface area contributed by atoms with Gasteiger partial charge in [-0.1, -0.05) is 41.1 Å². The fourth-order valence-electron chi connectivity index (χ4n) is 3.70. The number of amides is 4. The van der Waals surface area contributed by atoms with Crippen molar-refractivity contribution in [2.45, 2.75) is 66.5 Å². The van der Waals surface area contributed by atoms with Crippen molar-refractivity contribution in [3.8, 4) is 0 Å². The van der Waals surface area contributed by atoms with Gasteiger partial charge in [-0.05, 0) is 58.7 Å². The number of rotatable bonds is 16. The molecular formula is C27H32N4O14S6V. The third-order valence-electron chi connectivity index (χ3n) is 6.11. The third kappa shape index (κ3) is 15.4. The Morgan fingerprint density at radius 1 is 0.673 bits per heavy atom. The topological polar surface area (TPSA) is 262 Å². The summed E-state index contributed by atoms with van der Waals surface area (Å²) in [7, 11) is -4.47. The Hall–Kier alpha value is -2.68. The van der Waals surface area contributed by atoms with Gasteiger partial charge in [0.1, 0.15) is 10.1 Å². The molecule has 2 saturated heterocycles. The van der Waals surface area contributed by atoms with E-state index in [0.717, 1.165) is 0 Å². The van der Waals surface area contributed by atoms with E-state index < -0.39 is 66.3 Å². The second-order valence-corrected chi connectivity index (χ2v) is 17.8. The molecule has 2 atom stereocenters. The SMILES string of the molecule is C.O=C(ON1C(=O)CCC1=O)C(CCSSc1ccccn1)S(=O)(=O)O.O=C(ON1C(=O)CCC1=O)C(CCSSc1ccccn1)S(=O)(=O)O.[V]. The van der Waals surface area contributed by atoms with E-state index in [1.165, 1.54) is 43.2 Å². The zero-order valence-corrected chi connectivity index (χ0v) is 32.2. The van der Waals surface area contributed by atoms with Gasteiger partial charge in [0, 0.05) is 68.1 Å². The Morgan fingerprint density at radius 2 is 1.00 bits per heavy atom. The summed E-state index contributed by atoms with van der Waals surface area (Å²) in [6.45, 7) is 0. The van der Waals surface area contributed by atoms with Crippen LogP contribution in [0.1, 0.15) is 46.0 Å². The average molecular weight is 880 g/mol. The number of nitrogens with zero attached hydrogens (tertiary/aromatic N) is 4. The summed E-state index contributed by atoms with van der Waals surface area (Å²) in [5.41, 5.74) is 0. The van der Waals surface area contributed by atoms with E-state index in [4.69, 9.17) is 0 Å². The van der Waals surface area contributed by atoms with Gasteiger partial charge in [-0.3, -0.25) is 28.3 Å². The molecule has 1 radical (unpaired) electrons. The van der Waals surface area contributed by atoms with Crippen LogP contribution in [0.5, 0.6) is 0 Å². The van der Waals surface area contributed by atoms with Crippen LogP contribution in [0.25, 0.3) is 0 Å². The van der Waals surface area contributed by atoms with Crippen molar-refractivity contribution in [2.75, 3.05) is 11.5 Å². The van der Waals surface area contributed by atoms with E-state index in [1.807, 2.05) is 0 Å². The second kappa shape index (κ2) is 22.5. The summed E-state index contributed by atoms with van der Waals surface area (Å²) in [6.07, 6.45) is 2.25. The van der Waals surface area contributed by atoms with Crippen molar-refractivity contribution in [1.29, 1.82) is 0 Å². The molecular weight excluding hydrogens is 848 g/mol. The Morgan fingerprint density at radius 3 is 1.27 bits per heavy atom. The van der Waals surface area contributed by atoms with E-state index in [-0.39, 0.29) is 86.1 Å². The molecule has 4 amide bonds. The van der Waals surface area contributed by atoms with Crippen LogP contribution < -0.4 is 0 Å². The molecule has 2 N–H and O–H groups in total. The molecule has 18 nitrogen and oxygen atoms in total. The number of imide groups is 2. The maximum absolute atomic E-state index is 12.0. The molecule has 4 heterocycles. The Balaban J connectivity index is 0.000000501. The largest absolute Gasteiger partial charge is 0.353 e. The molecule has 0 aromatic carbocycles. The first-order valence-corrected chi connectivity index (χ1v) is 21.7. The van der Waals surface area contributed by atoms with Gasteiger partial charge in [-0.25, -0.2) is 19.6 Å². The molecule has 0 spiro atoms. The first-order chi connectivity index (χ1) is 23.6. The van der Waals surface area contributed by atoms with Gasteiger partial charge in [-0.2, -0.15) is 16.8 Å². The van der Waals surface area contributed by atoms with Crippen LogP contribution in [0, 0.1) is 0 Å². The summed E-state index contributed by atoms with van der Waals surface area (Å²) in [5.74, 6) is -5.28. The quantitative estimate of drug-likeness (QED) is 0.106. The summed E-state index contributed by atoms with van der Waals surface area (Å²) in [5, 5.41) is -1.87. The predicted molar refractivity (Wildman–Crippen MR) is 186 cm³/mol. The van der Waals surface area contributed by atoms with Crippen LogP contribution in [-0.4, -0.2) is 104 Å². The molecule has 2 unspecified atom stereocenters. The minimum atomic E-state index is -4.75. The summed E-state index contributed by atoms with van der Waals surface area (Å²) in [6, 6.07) is 10.6. The molecule has 285 valence electrons. The monoisotopic (exact) mass is 879 g/mol. The van der Waals surface area contributed by atoms with Crippen molar-refractivity contribution >= 4 is 99.0 Å². The first-order valence-electron chi connectivity index (χ1n) is 14.1. The maximum atomic E-state index is 12.0. The van der Waals surface area contributed by atoms with Crippen molar-refractivity contribution in [2.24, 2.45) is 0 Å². The molecule has 2 aliphatic heterocycles. The van der Waals surface area contributed by atoms with Gasteiger partial charge in [0.05, 0.1) is 0 Å². The molecule has 25 heteroatoms. The molecule has 2 aliphatic rings. The van der Waals surface area contributed by atoms with Crippen LogP contribution in [0.2, 0.25) is 0 Å². The summed E-state index contributed by atoms with van der Waals surface area (Å²) < 4.78 is 64.1. The van der Waals surface area contributed by atoms with E-state index in [0.29, 0.717) is 10.1 Å². The Kier molecular flexibility index (Phi) is 20.5. The average Bonchev–Trinajstić information content (AvgIpc) is 3.54. The predicted octanol–water partition coefficient (Wildman–Crippen LogP) is 2.78. The van der Waals surface area contributed by atoms with Crippen molar-refractivity contribution in [1.82, 2.24) is 20.1 Å². The number of hydrogen-bond donors (Lipinski definition) is 2. The van der Waals surface area contributed by atoms with Crippen molar-refractivity contribution in [3.63, 3.8) is 0 Å². The molecule has 0 bridgehead atoms. The molecule has 0 saturated carbocycles. The number of hydroxylamine groups is 4. The van der Waals surface area contributed by atoms with E-state index >= 15 is 0 Å². The standard InChI is InChI=1S/2C13H14N2O7S3.CH4.V/c2*16-11-4-5-12(17)15(11)22-13(18)9(25(19,20)21)6-8-23-24-10-3-1-2-7-14-10;;/h2*1-3,7,9H,4-6,8H2,(H,19,20,21);1H4;. The van der Waals surface area contributed by atoms with E-state index in [1.54, 1.807) is 48.8 Å². The van der Waals surface area contributed by atoms with Crippen LogP contribution in [0.15, 0.2) is 58.8 Å². The number of hydrogen-bond acceptors (Lipinski definition) is 18. The zero-order valence-electron chi connectivity index (χ0n) is 25.9. The molecule has 2 fully saturated rings.